The molecule has 0 fully saturated rings. The maximum Gasteiger partial charge on any atom is 0.238 e. The van der Waals surface area contributed by atoms with Crippen LogP contribution >= 0.6 is 0 Å². The van der Waals surface area contributed by atoms with Gasteiger partial charge in [-0.2, -0.15) is 9.97 Å². The lowest BCUT2D eigenvalue weighted by atomic mass is 10.0. The number of furan rings is 2. The molecule has 0 N–H and O–H groups in total. The zero-order chi connectivity index (χ0) is 37.9. The highest BCUT2D eigenvalue weighted by Gasteiger charge is 2.23. The minimum absolute atomic E-state index is 0.518. The summed E-state index contributed by atoms with van der Waals surface area (Å²) in [5, 5.41) is 8.67. The molecule has 0 radical (unpaired) electrons. The van der Waals surface area contributed by atoms with E-state index in [1.54, 1.807) is 0 Å². The van der Waals surface area contributed by atoms with Gasteiger partial charge in [0.1, 0.15) is 22.3 Å². The largest absolute Gasteiger partial charge is 0.456 e. The summed E-state index contributed by atoms with van der Waals surface area (Å²) < 4.78 is 17.7. The van der Waals surface area contributed by atoms with Crippen molar-refractivity contribution in [2.75, 3.05) is 0 Å². The Morgan fingerprint density at radius 3 is 1.53 bits per heavy atom. The Morgan fingerprint density at radius 2 is 0.862 bits per heavy atom. The highest BCUT2D eigenvalue weighted by atomic mass is 16.3. The van der Waals surface area contributed by atoms with Gasteiger partial charge in [-0.05, 0) is 54.6 Å². The van der Waals surface area contributed by atoms with Gasteiger partial charge in [0.2, 0.25) is 5.95 Å². The molecule has 0 amide bonds. The molecule has 0 atom stereocenters. The highest BCUT2D eigenvalue weighted by molar-refractivity contribution is 6.14. The number of hydrogen-bond acceptors (Lipinski definition) is 5. The molecule has 7 heteroatoms. The van der Waals surface area contributed by atoms with Crippen molar-refractivity contribution in [1.29, 1.82) is 0 Å². The molecule has 8 aromatic carbocycles. The molecular weight excluding hydrogens is 715 g/mol. The van der Waals surface area contributed by atoms with Crippen LogP contribution in [0.25, 0.3) is 122 Å². The highest BCUT2D eigenvalue weighted by Crippen LogP contribution is 2.41. The van der Waals surface area contributed by atoms with Gasteiger partial charge >= 0.3 is 0 Å². The quantitative estimate of drug-likeness (QED) is 0.179. The Kier molecular flexibility index (Phi) is 6.32. The van der Waals surface area contributed by atoms with Crippen molar-refractivity contribution >= 4 is 87.5 Å². The van der Waals surface area contributed by atoms with Crippen LogP contribution in [0.15, 0.2) is 185 Å². The minimum Gasteiger partial charge on any atom is -0.456 e. The summed E-state index contributed by atoms with van der Waals surface area (Å²) in [6.45, 7) is 0. The summed E-state index contributed by atoms with van der Waals surface area (Å²) in [4.78, 5) is 15.9. The van der Waals surface area contributed by atoms with Gasteiger partial charge in [0.15, 0.2) is 11.6 Å². The molecule has 0 aliphatic carbocycles. The van der Waals surface area contributed by atoms with Crippen molar-refractivity contribution in [2.45, 2.75) is 0 Å². The number of hydrogen-bond donors (Lipinski definition) is 0. The van der Waals surface area contributed by atoms with Crippen molar-refractivity contribution in [3.8, 4) is 34.4 Å². The van der Waals surface area contributed by atoms with Crippen LogP contribution in [0, 0.1) is 0 Å². The first-order chi connectivity index (χ1) is 28.8. The molecule has 13 rings (SSSR count). The second-order valence-electron chi connectivity index (χ2n) is 14.8. The fraction of sp³-hybridized carbons (Fsp3) is 0. The van der Waals surface area contributed by atoms with E-state index in [0.717, 1.165) is 93.5 Å². The zero-order valence-corrected chi connectivity index (χ0v) is 30.8. The van der Waals surface area contributed by atoms with Crippen molar-refractivity contribution in [1.82, 2.24) is 24.1 Å². The molecule has 0 saturated carbocycles. The summed E-state index contributed by atoms with van der Waals surface area (Å²) in [6.07, 6.45) is 0. The van der Waals surface area contributed by atoms with Crippen LogP contribution in [0.2, 0.25) is 0 Å². The second-order valence-corrected chi connectivity index (χ2v) is 14.8. The molecule has 7 nitrogen and oxygen atoms in total. The molecule has 270 valence electrons. The third-order valence-electron chi connectivity index (χ3n) is 11.6. The van der Waals surface area contributed by atoms with Gasteiger partial charge < -0.3 is 13.4 Å². The maximum absolute atomic E-state index is 6.70. The predicted octanol–water partition coefficient (Wildman–Crippen LogP) is 13.2. The van der Waals surface area contributed by atoms with Crippen molar-refractivity contribution in [3.63, 3.8) is 0 Å². The molecule has 0 aliphatic heterocycles. The fourth-order valence-electron chi connectivity index (χ4n) is 9.11. The Balaban J connectivity index is 1.08. The Hall–Kier alpha value is -8.03. The van der Waals surface area contributed by atoms with Crippen LogP contribution in [0.1, 0.15) is 0 Å². The summed E-state index contributed by atoms with van der Waals surface area (Å²) in [6, 6.07) is 60.8. The Morgan fingerprint density at radius 1 is 0.345 bits per heavy atom. The minimum atomic E-state index is 0.518. The SMILES string of the molecule is c1ccc2c(c1)oc1c(-c3nc(-c4cccc5oc6cc(-n7c8ccccc8c8ccccc87)ccc6c45)nc(-n4c5ccccc5c5ccccc54)n3)cccc12. The molecule has 13 aromatic rings. The molecule has 58 heavy (non-hydrogen) atoms. The molecule has 5 aromatic heterocycles. The van der Waals surface area contributed by atoms with Crippen LogP contribution in [-0.2, 0) is 0 Å². The molecule has 5 heterocycles. The van der Waals surface area contributed by atoms with Gasteiger partial charge in [-0.3, -0.25) is 4.57 Å². The lowest BCUT2D eigenvalue weighted by Gasteiger charge is -2.11. The van der Waals surface area contributed by atoms with E-state index < -0.39 is 0 Å². The third-order valence-corrected chi connectivity index (χ3v) is 11.6. The average molecular weight is 744 g/mol. The normalized spacial score (nSPS) is 12.1. The van der Waals surface area contributed by atoms with Gasteiger partial charge in [-0.25, -0.2) is 4.98 Å². The van der Waals surface area contributed by atoms with E-state index in [9.17, 15) is 0 Å². The summed E-state index contributed by atoms with van der Waals surface area (Å²) in [7, 11) is 0. The first-order valence-electron chi connectivity index (χ1n) is 19.4. The van der Waals surface area contributed by atoms with Gasteiger partial charge in [0.05, 0.1) is 27.6 Å². The Labute approximate surface area is 329 Å². The predicted molar refractivity (Wildman–Crippen MR) is 234 cm³/mol. The molecular formula is C51H29N5O2. The standard InChI is InChI=1S/C51H29N5O2/c1-6-21-40-31(13-1)32-14-2-7-22-41(32)55(40)30-27-28-37-46(29-30)57-45-26-12-19-38(47(37)45)49-52-50(39-20-11-18-36-35-17-5-10-25-44(35)58-48(36)39)54-51(53-49)56-42-23-8-3-15-33(42)34-16-4-9-24-43(34)56/h1-29H. The average Bonchev–Trinajstić information content (AvgIpc) is 4.03. The van der Waals surface area contributed by atoms with E-state index in [1.807, 2.05) is 42.5 Å². The van der Waals surface area contributed by atoms with E-state index in [4.69, 9.17) is 23.8 Å². The van der Waals surface area contributed by atoms with Crippen LogP contribution < -0.4 is 0 Å². The van der Waals surface area contributed by atoms with Crippen molar-refractivity contribution < 1.29 is 8.83 Å². The number of aromatic nitrogens is 5. The second kappa shape index (κ2) is 11.7. The summed E-state index contributed by atoms with van der Waals surface area (Å²) >= 11 is 0. The van der Waals surface area contributed by atoms with E-state index >= 15 is 0 Å². The van der Waals surface area contributed by atoms with Gasteiger partial charge in [-0.1, -0.05) is 115 Å². The zero-order valence-electron chi connectivity index (χ0n) is 30.8. The van der Waals surface area contributed by atoms with E-state index in [1.165, 1.54) is 10.8 Å². The van der Waals surface area contributed by atoms with E-state index in [2.05, 4.69) is 143 Å². The maximum atomic E-state index is 6.70. The van der Waals surface area contributed by atoms with Gasteiger partial charge in [0, 0.05) is 60.4 Å². The van der Waals surface area contributed by atoms with E-state index in [0.29, 0.717) is 17.6 Å². The van der Waals surface area contributed by atoms with E-state index in [-0.39, 0.29) is 0 Å². The van der Waals surface area contributed by atoms with Gasteiger partial charge in [0.25, 0.3) is 0 Å². The molecule has 0 spiro atoms. The molecule has 0 saturated heterocycles. The smallest absolute Gasteiger partial charge is 0.238 e. The summed E-state index contributed by atoms with van der Waals surface area (Å²) in [5.41, 5.74) is 10.1. The monoisotopic (exact) mass is 743 g/mol. The third kappa shape index (κ3) is 4.35. The molecule has 0 aliphatic rings. The lowest BCUT2D eigenvalue weighted by molar-refractivity contribution is 0.668. The number of rotatable bonds is 4. The first-order valence-corrected chi connectivity index (χ1v) is 19.4. The first kappa shape index (κ1) is 31.2. The molecule has 0 unspecified atom stereocenters. The fourth-order valence-corrected chi connectivity index (χ4v) is 9.11. The van der Waals surface area contributed by atoms with Crippen LogP contribution in [0.5, 0.6) is 0 Å². The topological polar surface area (TPSA) is 74.8 Å². The number of benzene rings is 8. The van der Waals surface area contributed by atoms with Gasteiger partial charge in [-0.15, -0.1) is 0 Å². The molecule has 0 bridgehead atoms. The number of nitrogens with zero attached hydrogens (tertiary/aromatic N) is 5. The van der Waals surface area contributed by atoms with Crippen LogP contribution in [0.4, 0.5) is 0 Å². The lowest BCUT2D eigenvalue weighted by Crippen LogP contribution is -2.06. The summed E-state index contributed by atoms with van der Waals surface area (Å²) in [5.74, 6) is 1.57. The number of fused-ring (bicyclic) bond motifs is 12. The Bertz CT molecular complexity index is 3720. The van der Waals surface area contributed by atoms with Crippen LogP contribution in [0.3, 0.4) is 0 Å². The van der Waals surface area contributed by atoms with Crippen molar-refractivity contribution in [2.24, 2.45) is 0 Å². The van der Waals surface area contributed by atoms with Crippen LogP contribution in [-0.4, -0.2) is 24.1 Å². The van der Waals surface area contributed by atoms with Crippen molar-refractivity contribution in [3.05, 3.63) is 176 Å². The number of para-hydroxylation sites is 6.